The molecule has 1 aromatic carbocycles. The molecule has 0 radical (unpaired) electrons. The molecule has 0 aliphatic carbocycles. The topological polar surface area (TPSA) is 20.2 Å². The zero-order chi connectivity index (χ0) is 10.8. The number of aryl methyl sites for hydroxylation is 1. The van der Waals surface area contributed by atoms with Gasteiger partial charge in [0.1, 0.15) is 0 Å². The van der Waals surface area contributed by atoms with Crippen molar-refractivity contribution in [3.8, 4) is 0 Å². The van der Waals surface area contributed by atoms with Gasteiger partial charge < -0.3 is 5.11 Å². The summed E-state index contributed by atoms with van der Waals surface area (Å²) in [6, 6.07) is 6.33. The van der Waals surface area contributed by atoms with Crippen LogP contribution in [-0.2, 0) is 13.0 Å². The molecule has 1 aromatic rings. The van der Waals surface area contributed by atoms with E-state index in [1.165, 1.54) is 11.1 Å². The lowest BCUT2D eigenvalue weighted by atomic mass is 9.87. The molecular formula is C13H20O. The molecule has 0 saturated carbocycles. The van der Waals surface area contributed by atoms with Gasteiger partial charge in [0.25, 0.3) is 0 Å². The van der Waals surface area contributed by atoms with Crippen molar-refractivity contribution in [3.63, 3.8) is 0 Å². The van der Waals surface area contributed by atoms with Gasteiger partial charge in [-0.2, -0.15) is 0 Å². The highest BCUT2D eigenvalue weighted by Crippen LogP contribution is 2.22. The molecule has 0 aliphatic rings. The Morgan fingerprint density at radius 3 is 2.14 bits per heavy atom. The summed E-state index contributed by atoms with van der Waals surface area (Å²) in [6.45, 7) is 8.90. The fraction of sp³-hybridized carbons (Fsp3) is 0.538. The maximum Gasteiger partial charge on any atom is 0.0682 e. The zero-order valence-corrected chi connectivity index (χ0v) is 9.59. The van der Waals surface area contributed by atoms with Crippen LogP contribution in [0.1, 0.15) is 37.5 Å². The number of rotatable bonds is 2. The Hall–Kier alpha value is -0.820. The molecule has 0 atom stereocenters. The maximum absolute atomic E-state index is 9.08. The van der Waals surface area contributed by atoms with E-state index in [4.69, 9.17) is 5.11 Å². The second-order valence-corrected chi connectivity index (χ2v) is 5.22. The molecule has 0 bridgehead atoms. The van der Waals surface area contributed by atoms with Gasteiger partial charge in [0.15, 0.2) is 0 Å². The van der Waals surface area contributed by atoms with Crippen LogP contribution in [0.5, 0.6) is 0 Å². The highest BCUT2D eigenvalue weighted by molar-refractivity contribution is 5.29. The van der Waals surface area contributed by atoms with E-state index in [0.29, 0.717) is 5.41 Å². The van der Waals surface area contributed by atoms with Crippen molar-refractivity contribution < 1.29 is 5.11 Å². The highest BCUT2D eigenvalue weighted by atomic mass is 16.3. The summed E-state index contributed by atoms with van der Waals surface area (Å²) in [7, 11) is 0. The van der Waals surface area contributed by atoms with Crippen LogP contribution in [-0.4, -0.2) is 5.11 Å². The van der Waals surface area contributed by atoms with Crippen LogP contribution >= 0.6 is 0 Å². The largest absolute Gasteiger partial charge is 0.392 e. The van der Waals surface area contributed by atoms with Crippen LogP contribution in [0.25, 0.3) is 0 Å². The standard InChI is InChI=1S/C13H20O/c1-10-5-11(8-13(2,3)4)7-12(6-10)9-14/h5-7,14H,8-9H2,1-4H3. The normalized spacial score (nSPS) is 11.8. The monoisotopic (exact) mass is 192 g/mol. The third-order valence-corrected chi connectivity index (χ3v) is 2.11. The van der Waals surface area contributed by atoms with Crippen LogP contribution < -0.4 is 0 Å². The van der Waals surface area contributed by atoms with Crippen LogP contribution in [0.4, 0.5) is 0 Å². The first kappa shape index (κ1) is 11.3. The van der Waals surface area contributed by atoms with Crippen molar-refractivity contribution in [3.05, 3.63) is 34.9 Å². The maximum atomic E-state index is 9.08. The van der Waals surface area contributed by atoms with Crippen molar-refractivity contribution in [2.24, 2.45) is 5.41 Å². The summed E-state index contributed by atoms with van der Waals surface area (Å²) in [6.07, 6.45) is 1.06. The Kier molecular flexibility index (Phi) is 3.33. The molecule has 0 heterocycles. The molecule has 0 amide bonds. The molecule has 0 spiro atoms. The minimum Gasteiger partial charge on any atom is -0.392 e. The van der Waals surface area contributed by atoms with Crippen LogP contribution in [0.3, 0.4) is 0 Å². The first-order valence-corrected chi connectivity index (χ1v) is 5.11. The molecular weight excluding hydrogens is 172 g/mol. The molecule has 1 rings (SSSR count). The van der Waals surface area contributed by atoms with E-state index in [-0.39, 0.29) is 6.61 Å². The second-order valence-electron chi connectivity index (χ2n) is 5.22. The van der Waals surface area contributed by atoms with Crippen molar-refractivity contribution >= 4 is 0 Å². The van der Waals surface area contributed by atoms with Gasteiger partial charge in [-0.15, -0.1) is 0 Å². The Balaban J connectivity index is 2.92. The lowest BCUT2D eigenvalue weighted by Crippen LogP contribution is -2.09. The van der Waals surface area contributed by atoms with Crippen molar-refractivity contribution in [2.75, 3.05) is 0 Å². The van der Waals surface area contributed by atoms with Gasteiger partial charge in [-0.1, -0.05) is 44.5 Å². The minimum absolute atomic E-state index is 0.138. The number of aliphatic hydroxyl groups excluding tert-OH is 1. The van der Waals surface area contributed by atoms with Gasteiger partial charge in [0.05, 0.1) is 6.61 Å². The smallest absolute Gasteiger partial charge is 0.0682 e. The van der Waals surface area contributed by atoms with Crippen LogP contribution in [0.2, 0.25) is 0 Å². The molecule has 14 heavy (non-hydrogen) atoms. The number of aliphatic hydroxyl groups is 1. The lowest BCUT2D eigenvalue weighted by Gasteiger charge is -2.18. The van der Waals surface area contributed by atoms with Crippen LogP contribution in [0.15, 0.2) is 18.2 Å². The van der Waals surface area contributed by atoms with Gasteiger partial charge in [0, 0.05) is 0 Å². The summed E-state index contributed by atoms with van der Waals surface area (Å²) in [5.74, 6) is 0. The van der Waals surface area contributed by atoms with E-state index in [1.54, 1.807) is 0 Å². The Morgan fingerprint density at radius 1 is 1.07 bits per heavy atom. The Labute approximate surface area is 86.8 Å². The quantitative estimate of drug-likeness (QED) is 0.763. The molecule has 0 fully saturated rings. The van der Waals surface area contributed by atoms with Crippen molar-refractivity contribution in [1.29, 1.82) is 0 Å². The average Bonchev–Trinajstić information content (AvgIpc) is 1.99. The predicted octanol–water partition coefficient (Wildman–Crippen LogP) is 3.08. The van der Waals surface area contributed by atoms with E-state index in [1.807, 2.05) is 6.07 Å². The fourth-order valence-electron chi connectivity index (χ4n) is 1.75. The molecule has 1 heteroatoms. The Bertz CT molecular complexity index is 308. The zero-order valence-electron chi connectivity index (χ0n) is 9.59. The number of hydrogen-bond donors (Lipinski definition) is 1. The van der Waals surface area contributed by atoms with Crippen molar-refractivity contribution in [1.82, 2.24) is 0 Å². The average molecular weight is 192 g/mol. The van der Waals surface area contributed by atoms with E-state index in [9.17, 15) is 0 Å². The number of hydrogen-bond acceptors (Lipinski definition) is 1. The summed E-state index contributed by atoms with van der Waals surface area (Å²) in [5, 5.41) is 9.08. The van der Waals surface area contributed by atoms with E-state index in [0.717, 1.165) is 12.0 Å². The minimum atomic E-state index is 0.138. The third-order valence-electron chi connectivity index (χ3n) is 2.11. The summed E-state index contributed by atoms with van der Waals surface area (Å²) < 4.78 is 0. The van der Waals surface area contributed by atoms with Gasteiger partial charge in [-0.3, -0.25) is 0 Å². The predicted molar refractivity (Wildman–Crippen MR) is 60.3 cm³/mol. The van der Waals surface area contributed by atoms with Gasteiger partial charge in [-0.25, -0.2) is 0 Å². The summed E-state index contributed by atoms with van der Waals surface area (Å²) in [5.41, 5.74) is 3.88. The molecule has 78 valence electrons. The molecule has 0 saturated heterocycles. The van der Waals surface area contributed by atoms with E-state index >= 15 is 0 Å². The highest BCUT2D eigenvalue weighted by Gasteiger charge is 2.11. The van der Waals surface area contributed by atoms with E-state index < -0.39 is 0 Å². The van der Waals surface area contributed by atoms with Gasteiger partial charge in [0.2, 0.25) is 0 Å². The van der Waals surface area contributed by atoms with Gasteiger partial charge in [-0.05, 0) is 29.9 Å². The van der Waals surface area contributed by atoms with Crippen molar-refractivity contribution in [2.45, 2.75) is 40.7 Å². The first-order valence-electron chi connectivity index (χ1n) is 5.11. The van der Waals surface area contributed by atoms with E-state index in [2.05, 4.69) is 39.8 Å². The SMILES string of the molecule is Cc1cc(CO)cc(CC(C)(C)C)c1. The van der Waals surface area contributed by atoms with Gasteiger partial charge >= 0.3 is 0 Å². The number of benzene rings is 1. The molecule has 1 N–H and O–H groups in total. The summed E-state index contributed by atoms with van der Waals surface area (Å²) in [4.78, 5) is 0. The molecule has 0 aromatic heterocycles. The first-order chi connectivity index (χ1) is 6.40. The fourth-order valence-corrected chi connectivity index (χ4v) is 1.75. The molecule has 0 aliphatic heterocycles. The lowest BCUT2D eigenvalue weighted by molar-refractivity contribution is 0.281. The summed E-state index contributed by atoms with van der Waals surface area (Å²) >= 11 is 0. The van der Waals surface area contributed by atoms with Crippen LogP contribution in [0, 0.1) is 12.3 Å². The third kappa shape index (κ3) is 3.51. The second kappa shape index (κ2) is 4.14. The Morgan fingerprint density at radius 2 is 1.64 bits per heavy atom. The molecule has 0 unspecified atom stereocenters. The molecule has 1 nitrogen and oxygen atoms in total.